The van der Waals surface area contributed by atoms with Crippen molar-refractivity contribution in [3.05, 3.63) is 81.8 Å². The van der Waals surface area contributed by atoms with Crippen LogP contribution in [0.2, 0.25) is 0 Å². The molecule has 4 rings (SSSR count). The predicted molar refractivity (Wildman–Crippen MR) is 126 cm³/mol. The van der Waals surface area contributed by atoms with Crippen molar-refractivity contribution >= 4 is 34.6 Å². The van der Waals surface area contributed by atoms with E-state index in [1.807, 2.05) is 60.0 Å². The Bertz CT molecular complexity index is 1240. The van der Waals surface area contributed by atoms with E-state index in [0.717, 1.165) is 27.7 Å². The highest BCUT2D eigenvalue weighted by atomic mass is 32.1. The summed E-state index contributed by atoms with van der Waals surface area (Å²) in [6, 6.07) is 17.2. The van der Waals surface area contributed by atoms with Crippen molar-refractivity contribution in [3.8, 4) is 22.1 Å². The molecule has 2 heterocycles. The average Bonchev–Trinajstić information content (AvgIpc) is 3.49. The molecule has 0 aliphatic heterocycles. The van der Waals surface area contributed by atoms with Crippen LogP contribution in [0.5, 0.6) is 11.5 Å². The number of carbonyl (C=O) groups is 2. The molecule has 0 saturated carbocycles. The smallest absolute Gasteiger partial charge is 0.367 e. The summed E-state index contributed by atoms with van der Waals surface area (Å²) >= 11 is 2.61. The van der Waals surface area contributed by atoms with Crippen LogP contribution in [-0.4, -0.2) is 28.5 Å². The minimum absolute atomic E-state index is 0.00932. The zero-order valence-corrected chi connectivity index (χ0v) is 19.4. The van der Waals surface area contributed by atoms with E-state index in [4.69, 9.17) is 14.2 Å². The third-order valence-corrected chi connectivity index (χ3v) is 6.13. The third-order valence-electron chi connectivity index (χ3n) is 4.32. The summed E-state index contributed by atoms with van der Waals surface area (Å²) in [4.78, 5) is 32.6. The molecule has 7 nitrogen and oxygen atoms in total. The number of para-hydroxylation sites is 1. The fraction of sp³-hybridized carbons (Fsp3) is 0.167. The molecule has 0 fully saturated rings. The van der Waals surface area contributed by atoms with Crippen molar-refractivity contribution in [1.29, 1.82) is 0 Å². The van der Waals surface area contributed by atoms with Gasteiger partial charge in [0.25, 0.3) is 0 Å². The summed E-state index contributed by atoms with van der Waals surface area (Å²) < 4.78 is 16.1. The molecular formula is C24H20N2O5S2. The van der Waals surface area contributed by atoms with Gasteiger partial charge in [-0.3, -0.25) is 4.79 Å². The van der Waals surface area contributed by atoms with Gasteiger partial charge >= 0.3 is 11.9 Å². The second kappa shape index (κ2) is 10.8. The zero-order valence-electron chi connectivity index (χ0n) is 17.7. The summed E-state index contributed by atoms with van der Waals surface area (Å²) in [6.07, 6.45) is 0.0472. The number of rotatable bonds is 9. The van der Waals surface area contributed by atoms with Crippen LogP contribution in [0.1, 0.15) is 28.1 Å². The van der Waals surface area contributed by atoms with Gasteiger partial charge in [0.1, 0.15) is 23.1 Å². The van der Waals surface area contributed by atoms with Gasteiger partial charge in [-0.05, 0) is 31.2 Å². The van der Waals surface area contributed by atoms with Crippen LogP contribution in [-0.2, 0) is 27.3 Å². The lowest BCUT2D eigenvalue weighted by Gasteiger charge is -2.06. The summed E-state index contributed by atoms with van der Waals surface area (Å²) in [7, 11) is 0. The summed E-state index contributed by atoms with van der Waals surface area (Å²) in [6.45, 7) is 2.00. The fourth-order valence-corrected chi connectivity index (χ4v) is 4.36. The fourth-order valence-electron chi connectivity index (χ4n) is 2.85. The second-order valence-electron chi connectivity index (χ2n) is 6.79. The molecule has 0 N–H and O–H groups in total. The molecule has 0 unspecified atom stereocenters. The van der Waals surface area contributed by atoms with E-state index in [9.17, 15) is 9.59 Å². The van der Waals surface area contributed by atoms with Crippen LogP contribution >= 0.6 is 22.7 Å². The number of aromatic nitrogens is 2. The second-order valence-corrected chi connectivity index (χ2v) is 8.51. The molecule has 2 aromatic carbocycles. The molecule has 0 bridgehead atoms. The largest absolute Gasteiger partial charge is 0.461 e. The highest BCUT2D eigenvalue weighted by Crippen LogP contribution is 2.29. The van der Waals surface area contributed by atoms with Crippen molar-refractivity contribution in [1.82, 2.24) is 9.97 Å². The molecule has 33 heavy (non-hydrogen) atoms. The number of hydrogen-bond acceptors (Lipinski definition) is 9. The van der Waals surface area contributed by atoms with E-state index in [0.29, 0.717) is 17.1 Å². The van der Waals surface area contributed by atoms with E-state index < -0.39 is 11.9 Å². The maximum Gasteiger partial charge on any atom is 0.367 e. The lowest BCUT2D eigenvalue weighted by molar-refractivity contribution is -0.144. The zero-order chi connectivity index (χ0) is 23.0. The van der Waals surface area contributed by atoms with Crippen molar-refractivity contribution < 1.29 is 23.8 Å². The molecule has 0 aliphatic rings. The van der Waals surface area contributed by atoms with Crippen LogP contribution in [0.25, 0.3) is 10.6 Å². The van der Waals surface area contributed by atoms with Gasteiger partial charge in [0.15, 0.2) is 0 Å². The molecule has 168 valence electrons. The standard InChI is InChI=1S/C24H20N2O5S2/c1-2-29-24(28)23-26-18(15-33-23)13-30-21(27)12-17-14-32-22(25-17)16-7-6-10-20(11-16)31-19-8-4-3-5-9-19/h3-11,14-15H,2,12-13H2,1H3. The Morgan fingerprint density at radius 2 is 1.67 bits per heavy atom. The Balaban J connectivity index is 1.33. The quantitative estimate of drug-likeness (QED) is 0.291. The molecule has 4 aromatic rings. The SMILES string of the molecule is CCOC(=O)c1nc(COC(=O)Cc2csc(-c3cccc(Oc4ccccc4)c3)n2)cs1. The molecule has 2 aromatic heterocycles. The third kappa shape index (κ3) is 6.24. The molecular weight excluding hydrogens is 460 g/mol. The first-order valence-corrected chi connectivity index (χ1v) is 11.9. The minimum Gasteiger partial charge on any atom is -0.461 e. The molecule has 0 amide bonds. The van der Waals surface area contributed by atoms with E-state index in [2.05, 4.69) is 9.97 Å². The first kappa shape index (κ1) is 22.6. The Kier molecular flexibility index (Phi) is 7.43. The number of nitrogens with zero attached hydrogens (tertiary/aromatic N) is 2. The Morgan fingerprint density at radius 1 is 0.879 bits per heavy atom. The van der Waals surface area contributed by atoms with Gasteiger partial charge < -0.3 is 14.2 Å². The maximum absolute atomic E-state index is 12.2. The van der Waals surface area contributed by atoms with Gasteiger partial charge in [-0.1, -0.05) is 30.3 Å². The summed E-state index contributed by atoms with van der Waals surface area (Å²) in [5, 5.41) is 4.54. The lowest BCUT2D eigenvalue weighted by Crippen LogP contribution is -2.09. The van der Waals surface area contributed by atoms with Crippen LogP contribution in [0.4, 0.5) is 0 Å². The van der Waals surface area contributed by atoms with Gasteiger partial charge in [0, 0.05) is 16.3 Å². The van der Waals surface area contributed by atoms with Crippen LogP contribution in [0.3, 0.4) is 0 Å². The van der Waals surface area contributed by atoms with Crippen LogP contribution in [0.15, 0.2) is 65.4 Å². The van der Waals surface area contributed by atoms with Crippen LogP contribution in [0, 0.1) is 0 Å². The predicted octanol–water partition coefficient (Wildman–Crippen LogP) is 5.52. The van der Waals surface area contributed by atoms with Gasteiger partial charge in [-0.2, -0.15) is 0 Å². The monoisotopic (exact) mass is 480 g/mol. The van der Waals surface area contributed by atoms with Crippen LogP contribution < -0.4 is 4.74 Å². The molecule has 0 aliphatic carbocycles. The van der Waals surface area contributed by atoms with Crippen molar-refractivity contribution in [3.63, 3.8) is 0 Å². The van der Waals surface area contributed by atoms with Crippen molar-refractivity contribution in [2.24, 2.45) is 0 Å². The minimum atomic E-state index is -0.478. The summed E-state index contributed by atoms with van der Waals surface area (Å²) in [5.41, 5.74) is 2.03. The average molecular weight is 481 g/mol. The Labute approximate surface area is 198 Å². The van der Waals surface area contributed by atoms with Crippen molar-refractivity contribution in [2.75, 3.05) is 6.61 Å². The first-order chi connectivity index (χ1) is 16.1. The molecule has 0 spiro atoms. The number of ether oxygens (including phenoxy) is 3. The van der Waals surface area contributed by atoms with E-state index in [1.165, 1.54) is 11.3 Å². The van der Waals surface area contributed by atoms with Crippen molar-refractivity contribution in [2.45, 2.75) is 20.0 Å². The van der Waals surface area contributed by atoms with E-state index in [-0.39, 0.29) is 24.6 Å². The van der Waals surface area contributed by atoms with Gasteiger partial charge in [0.2, 0.25) is 5.01 Å². The van der Waals surface area contributed by atoms with Gasteiger partial charge in [-0.15, -0.1) is 22.7 Å². The number of esters is 2. The van der Waals surface area contributed by atoms with Gasteiger partial charge in [-0.25, -0.2) is 14.8 Å². The molecule has 0 saturated heterocycles. The molecule has 0 atom stereocenters. The Hall–Kier alpha value is -3.56. The number of carbonyl (C=O) groups excluding carboxylic acids is 2. The molecule has 9 heteroatoms. The summed E-state index contributed by atoms with van der Waals surface area (Å²) in [5.74, 6) is 0.569. The Morgan fingerprint density at radius 3 is 2.48 bits per heavy atom. The van der Waals surface area contributed by atoms with Gasteiger partial charge in [0.05, 0.1) is 24.4 Å². The number of benzene rings is 2. The normalized spacial score (nSPS) is 10.6. The highest BCUT2D eigenvalue weighted by molar-refractivity contribution is 7.13. The highest BCUT2D eigenvalue weighted by Gasteiger charge is 2.14. The number of hydrogen-bond donors (Lipinski definition) is 0. The van der Waals surface area contributed by atoms with E-state index >= 15 is 0 Å². The lowest BCUT2D eigenvalue weighted by atomic mass is 10.2. The first-order valence-electron chi connectivity index (χ1n) is 10.2. The maximum atomic E-state index is 12.2. The molecule has 0 radical (unpaired) electrons. The topological polar surface area (TPSA) is 87.6 Å². The number of thiazole rings is 2. The van der Waals surface area contributed by atoms with E-state index in [1.54, 1.807) is 12.3 Å².